The lowest BCUT2D eigenvalue weighted by Gasteiger charge is -2.28. The molecule has 3 aliphatic heterocycles. The van der Waals surface area contributed by atoms with Crippen LogP contribution in [0.3, 0.4) is 0 Å². The molecule has 4 bridgehead atoms. The van der Waals surface area contributed by atoms with Crippen LogP contribution in [0.1, 0.15) is 106 Å². The quantitative estimate of drug-likeness (QED) is 0.1000. The summed E-state index contributed by atoms with van der Waals surface area (Å²) in [6, 6.07) is 10.2. The molecule has 0 radical (unpaired) electrons. The smallest absolute Gasteiger partial charge is 0.407 e. The van der Waals surface area contributed by atoms with Crippen LogP contribution in [0.15, 0.2) is 60.7 Å². The van der Waals surface area contributed by atoms with Gasteiger partial charge in [-0.25, -0.2) is 9.59 Å². The van der Waals surface area contributed by atoms with Crippen LogP contribution in [0.4, 0.5) is 9.59 Å². The molecule has 5 rings (SSSR count). The van der Waals surface area contributed by atoms with Gasteiger partial charge in [0, 0.05) is 66.1 Å². The predicted octanol–water partition coefficient (Wildman–Crippen LogP) is 1.11. The number of fused-ring (bicyclic) bond motifs is 4. The number of amides is 10. The molecule has 0 aliphatic carbocycles. The highest BCUT2D eigenvalue weighted by Gasteiger charge is 2.52. The van der Waals surface area contributed by atoms with Gasteiger partial charge in [-0.1, -0.05) is 88.4 Å². The van der Waals surface area contributed by atoms with Gasteiger partial charge in [0.1, 0.15) is 47.6 Å². The minimum absolute atomic E-state index is 0.0648. The van der Waals surface area contributed by atoms with E-state index in [1.807, 2.05) is 27.7 Å². The van der Waals surface area contributed by atoms with E-state index in [0.29, 0.717) is 11.1 Å². The van der Waals surface area contributed by atoms with Crippen LogP contribution in [0.25, 0.3) is 0 Å². The van der Waals surface area contributed by atoms with Gasteiger partial charge in [-0.05, 0) is 77.3 Å². The molecular weight excluding hydrogens is 1120 g/mol. The van der Waals surface area contributed by atoms with E-state index >= 15 is 0 Å². The van der Waals surface area contributed by atoms with Crippen LogP contribution in [0, 0.1) is 11.8 Å². The first kappa shape index (κ1) is 69.4. The summed E-state index contributed by atoms with van der Waals surface area (Å²) >= 11 is 0. The third kappa shape index (κ3) is 22.1. The molecule has 3 saturated heterocycles. The van der Waals surface area contributed by atoms with Gasteiger partial charge < -0.3 is 81.6 Å². The summed E-state index contributed by atoms with van der Waals surface area (Å²) in [4.78, 5) is 140. The maximum atomic E-state index is 14.7. The zero-order chi connectivity index (χ0) is 63.5. The highest BCUT2D eigenvalue weighted by atomic mass is 16.6. The second-order valence-electron chi connectivity index (χ2n) is 24.5. The maximum Gasteiger partial charge on any atom is 0.407 e. The Morgan fingerprint density at radius 2 is 0.849 bits per heavy atom. The van der Waals surface area contributed by atoms with E-state index in [0.717, 1.165) is 0 Å². The van der Waals surface area contributed by atoms with Crippen molar-refractivity contribution in [3.63, 3.8) is 0 Å². The third-order valence-corrected chi connectivity index (χ3v) is 14.0. The molecule has 476 valence electrons. The molecule has 26 heteroatoms. The lowest BCUT2D eigenvalue weighted by molar-refractivity contribution is -0.141. The number of ether oxygens (including phenoxy) is 6. The van der Waals surface area contributed by atoms with Crippen molar-refractivity contribution >= 4 is 59.4 Å². The molecule has 0 unspecified atom stereocenters. The van der Waals surface area contributed by atoms with Gasteiger partial charge in [0.05, 0.1) is 24.3 Å². The highest BCUT2D eigenvalue weighted by molar-refractivity contribution is 5.95. The van der Waals surface area contributed by atoms with Crippen molar-refractivity contribution in [1.29, 1.82) is 0 Å². The van der Waals surface area contributed by atoms with E-state index in [-0.39, 0.29) is 76.5 Å². The van der Waals surface area contributed by atoms with E-state index < -0.39 is 144 Å². The number of rotatable bonds is 18. The van der Waals surface area contributed by atoms with E-state index in [9.17, 15) is 47.9 Å². The largest absolute Gasteiger partial charge is 0.444 e. The summed E-state index contributed by atoms with van der Waals surface area (Å²) in [5, 5.41) is 27.7. The molecule has 86 heavy (non-hydrogen) atoms. The number of benzene rings is 2. The predicted molar refractivity (Wildman–Crippen MR) is 313 cm³/mol. The third-order valence-electron chi connectivity index (χ3n) is 14.0. The Morgan fingerprint density at radius 3 is 1.16 bits per heavy atom. The summed E-state index contributed by atoms with van der Waals surface area (Å²) in [7, 11) is 2.60. The van der Waals surface area contributed by atoms with E-state index in [2.05, 4.69) is 53.2 Å². The molecule has 10 amide bonds. The standard InChI is InChI=1S/C60H90N10O16/c1-33(2)27-37-51(73)63-31-41-45(69-43(71)23-25-61-57(79)85-59(5,6)7)47(81-11)50(83-41)56(78)68-40(30-36-21-17-14-18-22-36)54(76)66-38(28-34(3)4)52(74)64-32-42-46(70-44(72)24-26-62-58(80)86-60(8,9)10)48(82-12)49(84-42)55(77)67-39(53(75)65-37)29-35-19-15-13-16-20-35/h13-22,33-34,37-42,45-50H,23-32H2,1-12H3,(H,61,79)(H,62,80)(H,63,73)(H,64,74)(H,65,75)(H,66,76)(H,67,77)(H,68,78)(H,69,71)(H,70,72)/t37-,38-,39-,40-,41+,42+,45+,46+,47+,48+,49-,50-/m0/s1. The van der Waals surface area contributed by atoms with Crippen molar-refractivity contribution in [1.82, 2.24) is 53.2 Å². The number of carbonyl (C=O) groups excluding carboxylic acids is 10. The molecule has 10 N–H and O–H groups in total. The molecular formula is C60H90N10O16. The van der Waals surface area contributed by atoms with Crippen molar-refractivity contribution in [3.05, 3.63) is 71.8 Å². The summed E-state index contributed by atoms with van der Waals surface area (Å²) in [6.45, 7) is 16.5. The molecule has 3 aliphatic rings. The van der Waals surface area contributed by atoms with Crippen molar-refractivity contribution in [2.75, 3.05) is 40.4 Å². The van der Waals surface area contributed by atoms with Gasteiger partial charge in [0.15, 0.2) is 12.2 Å². The van der Waals surface area contributed by atoms with Crippen LogP contribution in [-0.2, 0) is 79.6 Å². The zero-order valence-corrected chi connectivity index (χ0v) is 51.5. The highest BCUT2D eigenvalue weighted by Crippen LogP contribution is 2.27. The number of methoxy groups -OCH3 is 2. The Hall–Kier alpha value is -7.42. The van der Waals surface area contributed by atoms with Crippen LogP contribution in [-0.4, -0.2) is 184 Å². The number of nitrogens with one attached hydrogen (secondary N) is 10. The van der Waals surface area contributed by atoms with Gasteiger partial charge in [-0.3, -0.25) is 38.4 Å². The summed E-state index contributed by atoms with van der Waals surface area (Å²) in [6.07, 6.45) is -9.78. The summed E-state index contributed by atoms with van der Waals surface area (Å²) < 4.78 is 35.2. The Balaban J connectivity index is 1.55. The second kappa shape index (κ2) is 32.4. The first-order valence-corrected chi connectivity index (χ1v) is 29.3. The second-order valence-corrected chi connectivity index (χ2v) is 24.5. The molecule has 2 aromatic rings. The molecule has 0 saturated carbocycles. The van der Waals surface area contributed by atoms with Gasteiger partial charge >= 0.3 is 12.2 Å². The first-order valence-electron chi connectivity index (χ1n) is 29.3. The number of alkyl carbamates (subject to hydrolysis) is 2. The van der Waals surface area contributed by atoms with Crippen LogP contribution >= 0.6 is 0 Å². The van der Waals surface area contributed by atoms with Crippen LogP contribution in [0.5, 0.6) is 0 Å². The van der Waals surface area contributed by atoms with Gasteiger partial charge in [0.25, 0.3) is 11.8 Å². The van der Waals surface area contributed by atoms with Crippen LogP contribution < -0.4 is 53.2 Å². The monoisotopic (exact) mass is 1210 g/mol. The Morgan fingerprint density at radius 1 is 0.512 bits per heavy atom. The van der Waals surface area contributed by atoms with Crippen LogP contribution in [0.2, 0.25) is 0 Å². The summed E-state index contributed by atoms with van der Waals surface area (Å²) in [5.41, 5.74) is -0.323. The summed E-state index contributed by atoms with van der Waals surface area (Å²) in [5.74, 6) is -6.07. The fourth-order valence-corrected chi connectivity index (χ4v) is 10.1. The fourth-order valence-electron chi connectivity index (χ4n) is 10.1. The number of hydrogen-bond acceptors (Lipinski definition) is 16. The van der Waals surface area contributed by atoms with E-state index in [1.165, 1.54) is 14.2 Å². The van der Waals surface area contributed by atoms with Gasteiger partial charge in [-0.2, -0.15) is 0 Å². The minimum Gasteiger partial charge on any atom is -0.444 e. The first-order chi connectivity index (χ1) is 40.5. The lowest BCUT2D eigenvalue weighted by Crippen LogP contribution is -2.58. The zero-order valence-electron chi connectivity index (χ0n) is 51.5. The molecule has 12 atom stereocenters. The van der Waals surface area contributed by atoms with E-state index in [4.69, 9.17) is 28.4 Å². The minimum atomic E-state index is -1.52. The van der Waals surface area contributed by atoms with Gasteiger partial charge in [-0.15, -0.1) is 0 Å². The maximum absolute atomic E-state index is 14.7. The average Bonchev–Trinajstić information content (AvgIpc) is 2.14. The van der Waals surface area contributed by atoms with E-state index in [1.54, 1.807) is 102 Å². The molecule has 3 fully saturated rings. The number of hydrogen-bond donors (Lipinski definition) is 10. The normalized spacial score (nSPS) is 26.3. The Bertz CT molecular complexity index is 2460. The fraction of sp³-hybridized carbons (Fsp3) is 0.633. The molecule has 3 heterocycles. The van der Waals surface area contributed by atoms with Crippen molar-refractivity contribution < 1.29 is 76.4 Å². The Labute approximate surface area is 503 Å². The van der Waals surface area contributed by atoms with Crippen molar-refractivity contribution in [2.45, 2.75) is 192 Å². The van der Waals surface area contributed by atoms with Gasteiger partial charge in [0.2, 0.25) is 35.4 Å². The van der Waals surface area contributed by atoms with Crippen molar-refractivity contribution in [3.8, 4) is 0 Å². The average molecular weight is 1210 g/mol. The molecule has 26 nitrogen and oxygen atoms in total. The molecule has 0 aromatic heterocycles. The lowest BCUT2D eigenvalue weighted by atomic mass is 9.99. The Kier molecular flexibility index (Phi) is 26.1. The molecule has 2 aromatic carbocycles. The molecule has 0 spiro atoms. The topological polar surface area (TPSA) is 346 Å². The van der Waals surface area contributed by atoms with Crippen molar-refractivity contribution in [2.24, 2.45) is 11.8 Å². The SMILES string of the molecule is CO[C@@H]1[C@H](NC(=O)CCNC(=O)OC(C)(C)C)[C@H]2CNC(=O)[C@H](CC(C)C)NC(=O)[C@H](Cc3ccccc3)NC(=O)[C@H]3O[C@H](CNC(=O)[C@H](CC(C)C)NC(=O)[C@H](Cc4ccccc4)NC(=O)[C@H]1O2)[C@@H](NC(=O)CCNC(=O)OC(C)(C)C)[C@H]3OC. The number of carbonyl (C=O) groups is 10.